The Morgan fingerprint density at radius 3 is 2.57 bits per heavy atom. The number of anilines is 1. The van der Waals surface area contributed by atoms with E-state index in [9.17, 15) is 9.59 Å². The van der Waals surface area contributed by atoms with Crippen molar-refractivity contribution in [3.63, 3.8) is 0 Å². The van der Waals surface area contributed by atoms with Gasteiger partial charge in [0.25, 0.3) is 0 Å². The number of nitrogens with zero attached hydrogens (tertiary/aromatic N) is 3. The lowest BCUT2D eigenvalue weighted by molar-refractivity contribution is -0.131. The van der Waals surface area contributed by atoms with E-state index in [4.69, 9.17) is 11.6 Å². The highest BCUT2D eigenvalue weighted by Crippen LogP contribution is 2.19. The van der Waals surface area contributed by atoms with Crippen LogP contribution in [-0.2, 0) is 9.59 Å². The Hall–Kier alpha value is -2.84. The molecule has 0 fully saturated rings. The fourth-order valence-electron chi connectivity index (χ4n) is 2.31. The van der Waals surface area contributed by atoms with Crippen molar-refractivity contribution in [3.8, 4) is 11.4 Å². The standard InChI is InChI=1S/C19H18ClN5O2S/c1-25(11-16(26)21-15-9-7-14(20)8-10-15)17(27)12-28-19-22-18(23-24-19)13-5-3-2-4-6-13/h2-10H,11-12H2,1H3,(H,21,26)(H,22,23,24). The van der Waals surface area contributed by atoms with Crippen LogP contribution in [0.15, 0.2) is 59.8 Å². The van der Waals surface area contributed by atoms with Crippen molar-refractivity contribution in [1.82, 2.24) is 20.1 Å². The minimum Gasteiger partial charge on any atom is -0.336 e. The van der Waals surface area contributed by atoms with E-state index in [0.29, 0.717) is 21.7 Å². The molecular formula is C19H18ClN5O2S. The minimum absolute atomic E-state index is 0.0503. The summed E-state index contributed by atoms with van der Waals surface area (Å²) in [6, 6.07) is 16.4. The normalized spacial score (nSPS) is 10.5. The lowest BCUT2D eigenvalue weighted by Gasteiger charge is -2.16. The predicted molar refractivity (Wildman–Crippen MR) is 110 cm³/mol. The van der Waals surface area contributed by atoms with Crippen LogP contribution in [0.25, 0.3) is 11.4 Å². The lowest BCUT2D eigenvalue weighted by Crippen LogP contribution is -2.35. The molecule has 0 spiro atoms. The fraction of sp³-hybridized carbons (Fsp3) is 0.158. The summed E-state index contributed by atoms with van der Waals surface area (Å²) in [5.74, 6) is 0.303. The summed E-state index contributed by atoms with van der Waals surface area (Å²) < 4.78 is 0. The zero-order valence-electron chi connectivity index (χ0n) is 15.1. The largest absolute Gasteiger partial charge is 0.336 e. The molecule has 2 N–H and O–H groups in total. The van der Waals surface area contributed by atoms with E-state index in [1.54, 1.807) is 31.3 Å². The van der Waals surface area contributed by atoms with Crippen LogP contribution in [0.2, 0.25) is 5.02 Å². The Morgan fingerprint density at radius 1 is 1.14 bits per heavy atom. The number of hydrogen-bond acceptors (Lipinski definition) is 5. The van der Waals surface area contributed by atoms with Gasteiger partial charge in [0.1, 0.15) is 0 Å². The van der Waals surface area contributed by atoms with Crippen LogP contribution in [0.5, 0.6) is 0 Å². The van der Waals surface area contributed by atoms with Crippen LogP contribution in [0.3, 0.4) is 0 Å². The second-order valence-electron chi connectivity index (χ2n) is 5.93. The second-order valence-corrected chi connectivity index (χ2v) is 7.31. The van der Waals surface area contributed by atoms with E-state index in [1.807, 2.05) is 30.3 Å². The molecule has 28 heavy (non-hydrogen) atoms. The van der Waals surface area contributed by atoms with E-state index < -0.39 is 0 Å². The van der Waals surface area contributed by atoms with Crippen molar-refractivity contribution < 1.29 is 9.59 Å². The van der Waals surface area contributed by atoms with Gasteiger partial charge in [-0.15, -0.1) is 5.10 Å². The molecule has 0 saturated heterocycles. The summed E-state index contributed by atoms with van der Waals surface area (Å²) in [7, 11) is 1.58. The average molecular weight is 416 g/mol. The van der Waals surface area contributed by atoms with Crippen molar-refractivity contribution >= 4 is 40.9 Å². The molecule has 0 atom stereocenters. The van der Waals surface area contributed by atoms with Gasteiger partial charge >= 0.3 is 0 Å². The maximum absolute atomic E-state index is 12.3. The molecule has 0 aliphatic rings. The van der Waals surface area contributed by atoms with E-state index in [0.717, 1.165) is 5.56 Å². The Balaban J connectivity index is 1.47. The van der Waals surface area contributed by atoms with Gasteiger partial charge in [0.15, 0.2) is 5.82 Å². The summed E-state index contributed by atoms with van der Waals surface area (Å²) in [5.41, 5.74) is 1.54. The maximum atomic E-state index is 12.3. The smallest absolute Gasteiger partial charge is 0.243 e. The summed E-state index contributed by atoms with van der Waals surface area (Å²) in [6.45, 7) is -0.0503. The van der Waals surface area contributed by atoms with E-state index in [1.165, 1.54) is 16.7 Å². The topological polar surface area (TPSA) is 91.0 Å². The van der Waals surface area contributed by atoms with Crippen LogP contribution in [0.4, 0.5) is 5.69 Å². The number of aromatic nitrogens is 3. The zero-order chi connectivity index (χ0) is 19.9. The highest BCUT2D eigenvalue weighted by Gasteiger charge is 2.15. The number of hydrogen-bond donors (Lipinski definition) is 2. The number of likely N-dealkylation sites (N-methyl/N-ethyl adjacent to an activating group) is 1. The van der Waals surface area contributed by atoms with Crippen LogP contribution in [-0.4, -0.2) is 51.2 Å². The van der Waals surface area contributed by atoms with Crippen molar-refractivity contribution in [3.05, 3.63) is 59.6 Å². The number of carbonyl (C=O) groups is 2. The first-order valence-electron chi connectivity index (χ1n) is 8.41. The zero-order valence-corrected chi connectivity index (χ0v) is 16.6. The first kappa shape index (κ1) is 19.9. The highest BCUT2D eigenvalue weighted by molar-refractivity contribution is 7.99. The molecule has 9 heteroatoms. The van der Waals surface area contributed by atoms with Gasteiger partial charge in [-0.05, 0) is 24.3 Å². The van der Waals surface area contributed by atoms with E-state index in [2.05, 4.69) is 20.5 Å². The highest BCUT2D eigenvalue weighted by atomic mass is 35.5. The van der Waals surface area contributed by atoms with Crippen LogP contribution in [0, 0.1) is 0 Å². The van der Waals surface area contributed by atoms with E-state index >= 15 is 0 Å². The molecule has 3 aromatic rings. The summed E-state index contributed by atoms with van der Waals surface area (Å²) in [5, 5.41) is 10.8. The number of H-pyrrole nitrogens is 1. The van der Waals surface area contributed by atoms with Gasteiger partial charge in [0.05, 0.1) is 12.3 Å². The molecule has 7 nitrogen and oxygen atoms in total. The molecule has 144 valence electrons. The van der Waals surface area contributed by atoms with Crippen molar-refractivity contribution in [2.45, 2.75) is 5.16 Å². The predicted octanol–water partition coefficient (Wildman–Crippen LogP) is 3.31. The van der Waals surface area contributed by atoms with Crippen LogP contribution >= 0.6 is 23.4 Å². The monoisotopic (exact) mass is 415 g/mol. The number of aromatic amines is 1. The maximum Gasteiger partial charge on any atom is 0.243 e. The van der Waals surface area contributed by atoms with Gasteiger partial charge in [-0.3, -0.25) is 14.7 Å². The number of rotatable bonds is 7. The van der Waals surface area contributed by atoms with Gasteiger partial charge in [0, 0.05) is 23.3 Å². The molecule has 2 aromatic carbocycles. The first-order valence-corrected chi connectivity index (χ1v) is 9.77. The summed E-state index contributed by atoms with van der Waals surface area (Å²) >= 11 is 7.03. The molecule has 3 rings (SSSR count). The Bertz CT molecular complexity index is 946. The minimum atomic E-state index is -0.285. The fourth-order valence-corrected chi connectivity index (χ4v) is 3.17. The summed E-state index contributed by atoms with van der Waals surface area (Å²) in [6.07, 6.45) is 0. The Morgan fingerprint density at radius 2 is 1.86 bits per heavy atom. The molecule has 1 aromatic heterocycles. The van der Waals surface area contributed by atoms with Crippen LogP contribution in [0.1, 0.15) is 0 Å². The van der Waals surface area contributed by atoms with Crippen molar-refractivity contribution in [2.24, 2.45) is 0 Å². The number of benzene rings is 2. The third-order valence-corrected chi connectivity index (χ3v) is 4.86. The molecule has 0 aliphatic carbocycles. The number of nitrogens with one attached hydrogen (secondary N) is 2. The SMILES string of the molecule is CN(CC(=O)Nc1ccc(Cl)cc1)C(=O)CSc1n[nH]c(-c2ccccc2)n1. The molecule has 0 bridgehead atoms. The molecular weight excluding hydrogens is 398 g/mol. The average Bonchev–Trinajstić information content (AvgIpc) is 3.17. The molecule has 2 amide bonds. The number of halogens is 1. The Kier molecular flexibility index (Phi) is 6.67. The van der Waals surface area contributed by atoms with Crippen LogP contribution < -0.4 is 5.32 Å². The van der Waals surface area contributed by atoms with Gasteiger partial charge < -0.3 is 10.2 Å². The lowest BCUT2D eigenvalue weighted by atomic mass is 10.2. The van der Waals surface area contributed by atoms with Gasteiger partial charge in [-0.1, -0.05) is 53.7 Å². The quantitative estimate of drug-likeness (QED) is 0.577. The molecule has 0 radical (unpaired) electrons. The second kappa shape index (κ2) is 9.38. The molecule has 0 saturated carbocycles. The molecule has 0 unspecified atom stereocenters. The summed E-state index contributed by atoms with van der Waals surface area (Å²) in [4.78, 5) is 30.1. The van der Waals surface area contributed by atoms with E-state index in [-0.39, 0.29) is 24.1 Å². The van der Waals surface area contributed by atoms with Gasteiger partial charge in [0.2, 0.25) is 17.0 Å². The number of carbonyl (C=O) groups excluding carboxylic acids is 2. The number of amides is 2. The molecule has 0 aliphatic heterocycles. The van der Waals surface area contributed by atoms with Crippen molar-refractivity contribution in [1.29, 1.82) is 0 Å². The first-order chi connectivity index (χ1) is 13.5. The van der Waals surface area contributed by atoms with Gasteiger partial charge in [-0.2, -0.15) is 0 Å². The Labute approximate surface area is 171 Å². The van der Waals surface area contributed by atoms with Crippen molar-refractivity contribution in [2.75, 3.05) is 24.7 Å². The number of thioether (sulfide) groups is 1. The van der Waals surface area contributed by atoms with Gasteiger partial charge in [-0.25, -0.2) is 4.98 Å². The molecule has 1 heterocycles. The third kappa shape index (κ3) is 5.58. The third-order valence-electron chi connectivity index (χ3n) is 3.77.